The smallest absolute Gasteiger partial charge is 0.321 e. The molecule has 92 valence electrons. The standard InChI is InChI=1S/C11H16N4O2/c1-12-10(16)13-8-4-6-9(7-5-8)14-11(17)15(2)3/h4-7H,1-3H3,(H,14,17)(H2,12,13,16). The SMILES string of the molecule is CNC(=O)Nc1ccc(NC(=O)N(C)C)cc1. The molecule has 0 unspecified atom stereocenters. The van der Waals surface area contributed by atoms with E-state index in [-0.39, 0.29) is 12.1 Å². The Kier molecular flexibility index (Phi) is 4.33. The number of hydrogen-bond donors (Lipinski definition) is 3. The largest absolute Gasteiger partial charge is 0.341 e. The van der Waals surface area contributed by atoms with E-state index in [1.54, 1.807) is 45.4 Å². The van der Waals surface area contributed by atoms with Gasteiger partial charge in [-0.15, -0.1) is 0 Å². The minimum absolute atomic E-state index is 0.197. The van der Waals surface area contributed by atoms with Crippen molar-refractivity contribution in [3.8, 4) is 0 Å². The fourth-order valence-corrected chi connectivity index (χ4v) is 1.07. The van der Waals surface area contributed by atoms with Gasteiger partial charge in [0, 0.05) is 32.5 Å². The predicted molar refractivity (Wildman–Crippen MR) is 67.2 cm³/mol. The molecule has 0 atom stereocenters. The van der Waals surface area contributed by atoms with Crippen LogP contribution in [0.4, 0.5) is 21.0 Å². The summed E-state index contributed by atoms with van der Waals surface area (Å²) in [5.74, 6) is 0. The molecule has 0 saturated carbocycles. The Labute approximate surface area is 100.0 Å². The van der Waals surface area contributed by atoms with Gasteiger partial charge in [0.25, 0.3) is 0 Å². The molecule has 0 aliphatic rings. The maximum atomic E-state index is 11.4. The minimum Gasteiger partial charge on any atom is -0.341 e. The maximum Gasteiger partial charge on any atom is 0.321 e. The number of nitrogens with zero attached hydrogens (tertiary/aromatic N) is 1. The van der Waals surface area contributed by atoms with Gasteiger partial charge in [-0.05, 0) is 24.3 Å². The average molecular weight is 236 g/mol. The molecule has 0 spiro atoms. The first kappa shape index (κ1) is 12.8. The third-order valence-corrected chi connectivity index (χ3v) is 2.03. The van der Waals surface area contributed by atoms with Crippen molar-refractivity contribution in [2.24, 2.45) is 0 Å². The molecule has 4 amide bonds. The molecule has 1 aromatic rings. The van der Waals surface area contributed by atoms with Gasteiger partial charge in [0.1, 0.15) is 0 Å². The summed E-state index contributed by atoms with van der Waals surface area (Å²) in [6.07, 6.45) is 0. The Bertz CT molecular complexity index is 400. The van der Waals surface area contributed by atoms with Crippen LogP contribution in [0.25, 0.3) is 0 Å². The first-order chi connectivity index (χ1) is 8.02. The van der Waals surface area contributed by atoms with Gasteiger partial charge in [-0.25, -0.2) is 9.59 Å². The lowest BCUT2D eigenvalue weighted by atomic mass is 10.3. The van der Waals surface area contributed by atoms with Crippen LogP contribution in [0, 0.1) is 0 Å². The molecular weight excluding hydrogens is 220 g/mol. The van der Waals surface area contributed by atoms with Crippen molar-refractivity contribution in [3.05, 3.63) is 24.3 Å². The Morgan fingerprint density at radius 1 is 1.00 bits per heavy atom. The third kappa shape index (κ3) is 4.02. The second-order valence-corrected chi connectivity index (χ2v) is 3.61. The number of anilines is 2. The first-order valence-corrected chi connectivity index (χ1v) is 5.10. The fourth-order valence-electron chi connectivity index (χ4n) is 1.07. The number of nitrogens with one attached hydrogen (secondary N) is 3. The van der Waals surface area contributed by atoms with E-state index >= 15 is 0 Å². The first-order valence-electron chi connectivity index (χ1n) is 5.10. The van der Waals surface area contributed by atoms with E-state index in [1.807, 2.05) is 0 Å². The zero-order valence-electron chi connectivity index (χ0n) is 10.1. The normalized spacial score (nSPS) is 9.35. The van der Waals surface area contributed by atoms with Gasteiger partial charge < -0.3 is 20.9 Å². The molecule has 6 nitrogen and oxygen atoms in total. The minimum atomic E-state index is -0.282. The molecule has 17 heavy (non-hydrogen) atoms. The highest BCUT2D eigenvalue weighted by atomic mass is 16.2. The summed E-state index contributed by atoms with van der Waals surface area (Å²) in [6.45, 7) is 0. The molecule has 0 radical (unpaired) electrons. The monoisotopic (exact) mass is 236 g/mol. The molecule has 0 heterocycles. The van der Waals surface area contributed by atoms with E-state index in [0.29, 0.717) is 11.4 Å². The summed E-state index contributed by atoms with van der Waals surface area (Å²) in [4.78, 5) is 23.8. The lowest BCUT2D eigenvalue weighted by Crippen LogP contribution is -2.27. The van der Waals surface area contributed by atoms with E-state index in [2.05, 4.69) is 16.0 Å². The van der Waals surface area contributed by atoms with Crippen LogP contribution >= 0.6 is 0 Å². The van der Waals surface area contributed by atoms with Crippen molar-refractivity contribution >= 4 is 23.4 Å². The van der Waals surface area contributed by atoms with Gasteiger partial charge in [-0.1, -0.05) is 0 Å². The number of carbonyl (C=O) groups is 2. The van der Waals surface area contributed by atoms with Gasteiger partial charge in [-0.2, -0.15) is 0 Å². The topological polar surface area (TPSA) is 73.5 Å². The zero-order chi connectivity index (χ0) is 12.8. The summed E-state index contributed by atoms with van der Waals surface area (Å²) >= 11 is 0. The highest BCUT2D eigenvalue weighted by molar-refractivity contribution is 5.91. The summed E-state index contributed by atoms with van der Waals surface area (Å²) < 4.78 is 0. The van der Waals surface area contributed by atoms with Crippen LogP contribution in [0.1, 0.15) is 0 Å². The third-order valence-electron chi connectivity index (χ3n) is 2.03. The van der Waals surface area contributed by atoms with Crippen LogP contribution in [0.15, 0.2) is 24.3 Å². The molecule has 0 aliphatic carbocycles. The van der Waals surface area contributed by atoms with Crippen LogP contribution in [0.2, 0.25) is 0 Å². The highest BCUT2D eigenvalue weighted by Gasteiger charge is 2.04. The summed E-state index contributed by atoms with van der Waals surface area (Å²) in [5.41, 5.74) is 1.33. The predicted octanol–water partition coefficient (Wildman–Crippen LogP) is 1.53. The van der Waals surface area contributed by atoms with E-state index in [9.17, 15) is 9.59 Å². The van der Waals surface area contributed by atoms with Crippen LogP contribution in [-0.4, -0.2) is 38.1 Å². The molecule has 0 aliphatic heterocycles. The van der Waals surface area contributed by atoms with Gasteiger partial charge in [0.2, 0.25) is 0 Å². The Hall–Kier alpha value is -2.24. The number of amides is 4. The van der Waals surface area contributed by atoms with Crippen LogP contribution in [0.3, 0.4) is 0 Å². The Morgan fingerprint density at radius 2 is 1.47 bits per heavy atom. The van der Waals surface area contributed by atoms with Crippen molar-refractivity contribution in [3.63, 3.8) is 0 Å². The van der Waals surface area contributed by atoms with Crippen LogP contribution in [-0.2, 0) is 0 Å². The highest BCUT2D eigenvalue weighted by Crippen LogP contribution is 2.13. The molecule has 1 aromatic carbocycles. The lowest BCUT2D eigenvalue weighted by molar-refractivity contribution is 0.230. The van der Waals surface area contributed by atoms with E-state index in [4.69, 9.17) is 0 Å². The van der Waals surface area contributed by atoms with Crippen molar-refractivity contribution in [2.45, 2.75) is 0 Å². The number of urea groups is 2. The molecule has 6 heteroatoms. The van der Waals surface area contributed by atoms with Gasteiger partial charge in [0.05, 0.1) is 0 Å². The molecule has 3 N–H and O–H groups in total. The maximum absolute atomic E-state index is 11.4. The molecule has 0 bridgehead atoms. The van der Waals surface area contributed by atoms with Gasteiger partial charge >= 0.3 is 12.1 Å². The van der Waals surface area contributed by atoms with Crippen molar-refractivity contribution in [1.29, 1.82) is 0 Å². The molecular formula is C11H16N4O2. The quantitative estimate of drug-likeness (QED) is 0.728. The molecule has 0 aromatic heterocycles. The second-order valence-electron chi connectivity index (χ2n) is 3.61. The Balaban J connectivity index is 2.62. The lowest BCUT2D eigenvalue weighted by Gasteiger charge is -2.12. The summed E-state index contributed by atoms with van der Waals surface area (Å²) in [5, 5.41) is 7.77. The number of rotatable bonds is 2. The summed E-state index contributed by atoms with van der Waals surface area (Å²) in [6, 6.07) is 6.37. The average Bonchev–Trinajstić information content (AvgIpc) is 2.31. The number of hydrogen-bond acceptors (Lipinski definition) is 2. The second kappa shape index (κ2) is 5.74. The van der Waals surface area contributed by atoms with Crippen LogP contribution in [0.5, 0.6) is 0 Å². The van der Waals surface area contributed by atoms with Crippen molar-refractivity contribution in [2.75, 3.05) is 31.8 Å². The van der Waals surface area contributed by atoms with Crippen molar-refractivity contribution < 1.29 is 9.59 Å². The van der Waals surface area contributed by atoms with E-state index in [1.165, 1.54) is 4.90 Å². The Morgan fingerprint density at radius 3 is 1.88 bits per heavy atom. The summed E-state index contributed by atoms with van der Waals surface area (Å²) in [7, 11) is 4.87. The molecule has 0 fully saturated rings. The zero-order valence-corrected chi connectivity index (χ0v) is 10.1. The van der Waals surface area contributed by atoms with E-state index < -0.39 is 0 Å². The van der Waals surface area contributed by atoms with E-state index in [0.717, 1.165) is 0 Å². The van der Waals surface area contributed by atoms with Gasteiger partial charge in [-0.3, -0.25) is 0 Å². The molecule has 1 rings (SSSR count). The van der Waals surface area contributed by atoms with Crippen LogP contribution < -0.4 is 16.0 Å². The molecule has 0 saturated heterocycles. The van der Waals surface area contributed by atoms with Gasteiger partial charge in [0.15, 0.2) is 0 Å². The number of benzene rings is 1. The fraction of sp³-hybridized carbons (Fsp3) is 0.273. The number of carbonyl (C=O) groups excluding carboxylic acids is 2. The van der Waals surface area contributed by atoms with Crippen molar-refractivity contribution in [1.82, 2.24) is 10.2 Å².